The topological polar surface area (TPSA) is 237 Å². The van der Waals surface area contributed by atoms with Gasteiger partial charge in [0, 0.05) is 25.7 Å². The summed E-state index contributed by atoms with van der Waals surface area (Å²) in [7, 11) is -9.89. The number of ether oxygens (including phenoxy) is 4. The van der Waals surface area contributed by atoms with Crippen LogP contribution in [0.5, 0.6) is 0 Å². The van der Waals surface area contributed by atoms with Gasteiger partial charge < -0.3 is 33.8 Å². The van der Waals surface area contributed by atoms with Crippen LogP contribution in [0.25, 0.3) is 0 Å². The quantitative estimate of drug-likeness (QED) is 0.0222. The van der Waals surface area contributed by atoms with E-state index in [4.69, 9.17) is 37.0 Å². The first-order chi connectivity index (χ1) is 41.1. The van der Waals surface area contributed by atoms with Gasteiger partial charge in [0.2, 0.25) is 0 Å². The molecule has 0 aromatic carbocycles. The van der Waals surface area contributed by atoms with E-state index in [-0.39, 0.29) is 25.7 Å². The van der Waals surface area contributed by atoms with Crippen molar-refractivity contribution in [3.8, 4) is 0 Å². The Balaban J connectivity index is 5.19. The molecule has 510 valence electrons. The Morgan fingerprint density at radius 1 is 0.326 bits per heavy atom. The molecule has 0 heterocycles. The maximum Gasteiger partial charge on any atom is 0.472 e. The third-order valence-electron chi connectivity index (χ3n) is 15.7. The molecular formula is C67H130O17P2. The summed E-state index contributed by atoms with van der Waals surface area (Å²) in [6.45, 7) is 13.9. The lowest BCUT2D eigenvalue weighted by molar-refractivity contribution is -0.161. The second-order valence-electron chi connectivity index (χ2n) is 25.9. The summed E-state index contributed by atoms with van der Waals surface area (Å²) >= 11 is 0. The van der Waals surface area contributed by atoms with Crippen molar-refractivity contribution in [3.63, 3.8) is 0 Å². The lowest BCUT2D eigenvalue weighted by Crippen LogP contribution is -2.30. The lowest BCUT2D eigenvalue weighted by atomic mass is 9.99. The fraction of sp³-hybridized carbons (Fsp3) is 0.940. The van der Waals surface area contributed by atoms with Crippen molar-refractivity contribution in [2.75, 3.05) is 39.6 Å². The summed E-state index contributed by atoms with van der Waals surface area (Å²) < 4.78 is 68.0. The molecule has 0 saturated heterocycles. The number of aliphatic hydroxyl groups excluding tert-OH is 1. The van der Waals surface area contributed by atoms with Crippen LogP contribution in [0.2, 0.25) is 0 Å². The van der Waals surface area contributed by atoms with Crippen molar-refractivity contribution in [1.82, 2.24) is 0 Å². The van der Waals surface area contributed by atoms with Gasteiger partial charge in [-0.3, -0.25) is 37.3 Å². The van der Waals surface area contributed by atoms with E-state index in [1.807, 2.05) is 0 Å². The van der Waals surface area contributed by atoms with Gasteiger partial charge in [0.15, 0.2) is 12.2 Å². The number of hydrogen-bond acceptors (Lipinski definition) is 15. The minimum atomic E-state index is -4.95. The summed E-state index contributed by atoms with van der Waals surface area (Å²) in [6, 6.07) is 0. The molecule has 0 aromatic heterocycles. The molecule has 0 rings (SSSR count). The summed E-state index contributed by atoms with van der Waals surface area (Å²) in [5.41, 5.74) is 0. The van der Waals surface area contributed by atoms with E-state index >= 15 is 0 Å². The summed E-state index contributed by atoms with van der Waals surface area (Å²) in [5, 5.41) is 10.5. The van der Waals surface area contributed by atoms with Crippen molar-refractivity contribution in [3.05, 3.63) is 0 Å². The fourth-order valence-electron chi connectivity index (χ4n) is 9.93. The van der Waals surface area contributed by atoms with Crippen LogP contribution in [0.1, 0.15) is 325 Å². The van der Waals surface area contributed by atoms with Crippen LogP contribution >= 0.6 is 15.6 Å². The van der Waals surface area contributed by atoms with Gasteiger partial charge >= 0.3 is 39.5 Å². The van der Waals surface area contributed by atoms with Crippen LogP contribution in [0.4, 0.5) is 0 Å². The molecule has 6 atom stereocenters. The first-order valence-corrected chi connectivity index (χ1v) is 37.7. The summed E-state index contributed by atoms with van der Waals surface area (Å²) in [5.74, 6) is 0.759. The second-order valence-corrected chi connectivity index (χ2v) is 28.8. The first-order valence-electron chi connectivity index (χ1n) is 34.7. The van der Waals surface area contributed by atoms with E-state index in [0.29, 0.717) is 43.4 Å². The molecule has 0 fully saturated rings. The molecule has 0 aliphatic carbocycles. The van der Waals surface area contributed by atoms with E-state index in [1.165, 1.54) is 116 Å². The van der Waals surface area contributed by atoms with Crippen molar-refractivity contribution >= 4 is 39.5 Å². The van der Waals surface area contributed by atoms with Gasteiger partial charge in [-0.25, -0.2) is 9.13 Å². The van der Waals surface area contributed by atoms with Crippen molar-refractivity contribution in [1.29, 1.82) is 0 Å². The predicted octanol–water partition coefficient (Wildman–Crippen LogP) is 18.5. The van der Waals surface area contributed by atoms with Gasteiger partial charge in [-0.1, -0.05) is 274 Å². The maximum absolute atomic E-state index is 13.0. The molecule has 3 N–H and O–H groups in total. The molecule has 3 unspecified atom stereocenters. The number of unbranched alkanes of at least 4 members (excludes halogenated alkanes) is 29. The molecule has 0 aliphatic heterocycles. The number of aliphatic hydroxyl groups is 1. The van der Waals surface area contributed by atoms with E-state index in [1.54, 1.807) is 0 Å². The molecule has 0 amide bonds. The zero-order valence-electron chi connectivity index (χ0n) is 55.9. The molecule has 0 spiro atoms. The number of carbonyl (C=O) groups excluding carboxylic acids is 4. The molecule has 0 saturated carbocycles. The van der Waals surface area contributed by atoms with Crippen molar-refractivity contribution in [2.45, 2.75) is 343 Å². The molecule has 0 bridgehead atoms. The molecule has 19 heteroatoms. The van der Waals surface area contributed by atoms with Gasteiger partial charge in [-0.05, 0) is 49.4 Å². The molecule has 0 aromatic rings. The fourth-order valence-corrected chi connectivity index (χ4v) is 11.5. The average molecular weight is 1270 g/mol. The average Bonchev–Trinajstić information content (AvgIpc) is 3.68. The third kappa shape index (κ3) is 59.7. The van der Waals surface area contributed by atoms with Crippen LogP contribution < -0.4 is 0 Å². The predicted molar refractivity (Wildman–Crippen MR) is 344 cm³/mol. The Morgan fingerprint density at radius 3 is 0.826 bits per heavy atom. The second kappa shape index (κ2) is 57.0. The Kier molecular flexibility index (Phi) is 55.7. The zero-order chi connectivity index (χ0) is 63.9. The van der Waals surface area contributed by atoms with Crippen molar-refractivity contribution in [2.24, 2.45) is 23.7 Å². The number of rotatable bonds is 64. The SMILES string of the molecule is CCC(C)CCCCCCCCCCCCCCCCC(=O)O[C@H](COC(=O)CCCCCCCCC(C)C)COP(=O)(O)OC[C@H](O)COP(=O)(O)OC[C@@H](COC(=O)CCCCCCCCCC(C)C)OC(=O)CCCCCCCCC(C)C. The molecular weight excluding hydrogens is 1140 g/mol. The Hall–Kier alpha value is -1.94. The van der Waals surface area contributed by atoms with Gasteiger partial charge in [0.25, 0.3) is 0 Å². The normalized spacial score (nSPS) is 14.7. The highest BCUT2D eigenvalue weighted by molar-refractivity contribution is 7.47. The molecule has 17 nitrogen and oxygen atoms in total. The summed E-state index contributed by atoms with van der Waals surface area (Å²) in [4.78, 5) is 72.3. The largest absolute Gasteiger partial charge is 0.472 e. The highest BCUT2D eigenvalue weighted by atomic mass is 31.2. The minimum absolute atomic E-state index is 0.101. The van der Waals surface area contributed by atoms with E-state index in [0.717, 1.165) is 109 Å². The van der Waals surface area contributed by atoms with E-state index < -0.39 is 97.5 Å². The number of esters is 4. The van der Waals surface area contributed by atoms with E-state index in [9.17, 15) is 43.2 Å². The van der Waals surface area contributed by atoms with Crippen LogP contribution in [0, 0.1) is 23.7 Å². The van der Waals surface area contributed by atoms with Crippen LogP contribution in [0.3, 0.4) is 0 Å². The highest BCUT2D eigenvalue weighted by Gasteiger charge is 2.30. The standard InChI is InChI=1S/C67H130O17P2/c1-9-60(8)46-38-30-20-16-14-12-10-11-13-15-17-21-33-41-49-66(71)83-62(54-78-65(70)48-40-32-25-23-28-36-44-58(4)5)55-81-85(73,74)79-51-61(68)52-80-86(75,76)82-56-63(84-67(72)50-42-34-26-24-29-37-45-59(6)7)53-77-64(69)47-39-31-22-18-19-27-35-43-57(2)3/h57-63,68H,9-56H2,1-8H3,(H,73,74)(H,75,76)/t60?,61-,62+,63+/m0/s1. The monoisotopic (exact) mass is 1270 g/mol. The van der Waals surface area contributed by atoms with Gasteiger partial charge in [-0.2, -0.15) is 0 Å². The smallest absolute Gasteiger partial charge is 0.462 e. The first kappa shape index (κ1) is 84.1. The lowest BCUT2D eigenvalue weighted by Gasteiger charge is -2.21. The Bertz CT molecular complexity index is 1720. The van der Waals surface area contributed by atoms with Crippen LogP contribution in [0.15, 0.2) is 0 Å². The van der Waals surface area contributed by atoms with E-state index in [2.05, 4.69) is 55.4 Å². The Labute approximate surface area is 524 Å². The van der Waals surface area contributed by atoms with Gasteiger partial charge in [0.1, 0.15) is 19.3 Å². The maximum atomic E-state index is 13.0. The Morgan fingerprint density at radius 2 is 0.558 bits per heavy atom. The van der Waals surface area contributed by atoms with Crippen LogP contribution in [-0.2, 0) is 65.4 Å². The number of hydrogen-bond donors (Lipinski definition) is 3. The molecule has 0 aliphatic rings. The number of carbonyl (C=O) groups is 4. The molecule has 0 radical (unpaired) electrons. The summed E-state index contributed by atoms with van der Waals surface area (Å²) in [6.07, 6.45) is 38.0. The highest BCUT2D eigenvalue weighted by Crippen LogP contribution is 2.45. The number of phosphoric acid groups is 2. The van der Waals surface area contributed by atoms with Gasteiger partial charge in [0.05, 0.1) is 26.4 Å². The van der Waals surface area contributed by atoms with Gasteiger partial charge in [-0.15, -0.1) is 0 Å². The molecule has 86 heavy (non-hydrogen) atoms. The van der Waals surface area contributed by atoms with Crippen molar-refractivity contribution < 1.29 is 80.2 Å². The third-order valence-corrected chi connectivity index (χ3v) is 17.6. The number of phosphoric ester groups is 2. The minimum Gasteiger partial charge on any atom is -0.462 e. The zero-order valence-corrected chi connectivity index (χ0v) is 57.7. The van der Waals surface area contributed by atoms with Crippen LogP contribution in [-0.4, -0.2) is 96.7 Å².